The largest absolute Gasteiger partial charge is 0.492 e. The van der Waals surface area contributed by atoms with Crippen molar-refractivity contribution in [3.8, 4) is 5.75 Å². The van der Waals surface area contributed by atoms with Gasteiger partial charge >= 0.3 is 5.63 Å². The summed E-state index contributed by atoms with van der Waals surface area (Å²) in [5.41, 5.74) is 0.188. The van der Waals surface area contributed by atoms with Crippen LogP contribution >= 0.6 is 0 Å². The number of benzene rings is 1. The molecule has 146 valence electrons. The van der Waals surface area contributed by atoms with Crippen LogP contribution in [0.5, 0.6) is 5.75 Å². The van der Waals surface area contributed by atoms with Gasteiger partial charge in [0, 0.05) is 55.1 Å². The molecule has 1 N–H and O–H groups in total. The van der Waals surface area contributed by atoms with Crippen molar-refractivity contribution >= 4 is 16.9 Å². The zero-order valence-corrected chi connectivity index (χ0v) is 15.9. The van der Waals surface area contributed by atoms with E-state index in [1.54, 1.807) is 24.5 Å². The molecule has 0 bridgehead atoms. The van der Waals surface area contributed by atoms with Gasteiger partial charge in [-0.3, -0.25) is 0 Å². The minimum atomic E-state index is -0.355. The number of piperidine rings is 1. The predicted molar refractivity (Wildman–Crippen MR) is 108 cm³/mol. The number of fused-ring (bicyclic) bond motifs is 1. The Bertz CT molecular complexity index is 968. The molecule has 1 aliphatic rings. The predicted octanol–water partition coefficient (Wildman–Crippen LogP) is 2.61. The fraction of sp³-hybridized carbons (Fsp3) is 0.381. The minimum Gasteiger partial charge on any atom is -0.492 e. The van der Waals surface area contributed by atoms with Gasteiger partial charge in [-0.15, -0.1) is 0 Å². The zero-order chi connectivity index (χ0) is 19.3. The van der Waals surface area contributed by atoms with Crippen LogP contribution in [0.1, 0.15) is 19.8 Å². The molecule has 7 nitrogen and oxygen atoms in total. The van der Waals surface area contributed by atoms with Crippen LogP contribution in [0.25, 0.3) is 11.0 Å². The van der Waals surface area contributed by atoms with Gasteiger partial charge in [0.25, 0.3) is 0 Å². The van der Waals surface area contributed by atoms with Crippen molar-refractivity contribution in [2.24, 2.45) is 0 Å². The second-order valence-corrected chi connectivity index (χ2v) is 7.14. The summed E-state index contributed by atoms with van der Waals surface area (Å²) in [6, 6.07) is 11.2. The Morgan fingerprint density at radius 1 is 1.21 bits per heavy atom. The summed E-state index contributed by atoms with van der Waals surface area (Å²) in [5, 5.41) is 4.52. The number of nitrogens with one attached hydrogen (secondary N) is 1. The van der Waals surface area contributed by atoms with Crippen LogP contribution in [0, 0.1) is 0 Å². The number of aromatic nitrogens is 2. The van der Waals surface area contributed by atoms with Crippen LogP contribution in [0.15, 0.2) is 58.0 Å². The lowest BCUT2D eigenvalue weighted by Crippen LogP contribution is -2.47. The molecule has 0 amide bonds. The molecular formula is C21H24N4O3. The fourth-order valence-corrected chi connectivity index (χ4v) is 3.50. The van der Waals surface area contributed by atoms with Crippen molar-refractivity contribution in [2.75, 3.05) is 24.6 Å². The first-order valence-corrected chi connectivity index (χ1v) is 9.62. The van der Waals surface area contributed by atoms with E-state index in [1.807, 2.05) is 18.2 Å². The number of nitrogens with zero attached hydrogens (tertiary/aromatic N) is 3. The Kier molecular flexibility index (Phi) is 5.53. The lowest BCUT2D eigenvalue weighted by atomic mass is 10.0. The van der Waals surface area contributed by atoms with Crippen LogP contribution in [-0.2, 0) is 0 Å². The first-order chi connectivity index (χ1) is 13.7. The molecule has 2 aromatic heterocycles. The highest BCUT2D eigenvalue weighted by Gasteiger charge is 2.22. The van der Waals surface area contributed by atoms with Crippen molar-refractivity contribution in [2.45, 2.75) is 31.8 Å². The molecule has 7 heteroatoms. The minimum absolute atomic E-state index is 0.211. The maximum Gasteiger partial charge on any atom is 0.336 e. The number of anilines is 1. The van der Waals surface area contributed by atoms with Crippen molar-refractivity contribution in [3.05, 3.63) is 59.2 Å². The van der Waals surface area contributed by atoms with E-state index in [-0.39, 0.29) is 11.7 Å². The highest BCUT2D eigenvalue weighted by Crippen LogP contribution is 2.20. The van der Waals surface area contributed by atoms with Gasteiger partial charge in [-0.05, 0) is 44.0 Å². The van der Waals surface area contributed by atoms with Crippen LogP contribution in [0.4, 0.5) is 5.95 Å². The van der Waals surface area contributed by atoms with E-state index < -0.39 is 0 Å². The molecule has 3 aromatic rings. The third-order valence-electron chi connectivity index (χ3n) is 4.94. The number of hydrogen-bond donors (Lipinski definition) is 1. The molecule has 0 aliphatic carbocycles. The van der Waals surface area contributed by atoms with Gasteiger partial charge in [0.1, 0.15) is 17.9 Å². The second-order valence-electron chi connectivity index (χ2n) is 7.14. The lowest BCUT2D eigenvalue weighted by molar-refractivity contribution is 0.251. The van der Waals surface area contributed by atoms with Gasteiger partial charge in [-0.25, -0.2) is 14.8 Å². The van der Waals surface area contributed by atoms with Crippen molar-refractivity contribution < 1.29 is 9.15 Å². The Morgan fingerprint density at radius 2 is 1.96 bits per heavy atom. The van der Waals surface area contributed by atoms with E-state index >= 15 is 0 Å². The van der Waals surface area contributed by atoms with E-state index in [1.165, 1.54) is 6.07 Å². The first-order valence-electron chi connectivity index (χ1n) is 9.62. The van der Waals surface area contributed by atoms with Gasteiger partial charge in [0.15, 0.2) is 0 Å². The van der Waals surface area contributed by atoms with E-state index in [2.05, 4.69) is 27.1 Å². The normalized spacial score (nSPS) is 16.2. The van der Waals surface area contributed by atoms with E-state index in [0.29, 0.717) is 24.0 Å². The third-order valence-corrected chi connectivity index (χ3v) is 4.94. The third kappa shape index (κ3) is 4.48. The second kappa shape index (κ2) is 8.39. The summed E-state index contributed by atoms with van der Waals surface area (Å²) in [6.45, 7) is 4.55. The molecule has 1 aromatic carbocycles. The Labute approximate surface area is 163 Å². The molecule has 1 aliphatic heterocycles. The maximum absolute atomic E-state index is 11.4. The smallest absolute Gasteiger partial charge is 0.336 e. The molecule has 1 atom stereocenters. The van der Waals surface area contributed by atoms with Crippen molar-refractivity contribution in [1.29, 1.82) is 0 Å². The Morgan fingerprint density at radius 3 is 2.75 bits per heavy atom. The van der Waals surface area contributed by atoms with Crippen molar-refractivity contribution in [3.63, 3.8) is 0 Å². The highest BCUT2D eigenvalue weighted by atomic mass is 16.5. The van der Waals surface area contributed by atoms with E-state index in [0.717, 1.165) is 37.3 Å². The van der Waals surface area contributed by atoms with Crippen LogP contribution in [0.2, 0.25) is 0 Å². The average Bonchev–Trinajstić information content (AvgIpc) is 2.73. The summed E-state index contributed by atoms with van der Waals surface area (Å²) in [5.74, 6) is 1.51. The van der Waals surface area contributed by atoms with Gasteiger partial charge < -0.3 is 19.4 Å². The topological polar surface area (TPSA) is 80.5 Å². The quantitative estimate of drug-likeness (QED) is 0.659. The van der Waals surface area contributed by atoms with Gasteiger partial charge in [0.2, 0.25) is 5.95 Å². The Balaban J connectivity index is 1.26. The molecular weight excluding hydrogens is 356 g/mol. The highest BCUT2D eigenvalue weighted by molar-refractivity contribution is 5.77. The summed E-state index contributed by atoms with van der Waals surface area (Å²) in [7, 11) is 0. The van der Waals surface area contributed by atoms with Crippen LogP contribution in [-0.4, -0.2) is 41.7 Å². The number of rotatable bonds is 6. The molecule has 1 fully saturated rings. The molecule has 1 saturated heterocycles. The summed E-state index contributed by atoms with van der Waals surface area (Å²) in [6.07, 6.45) is 5.65. The van der Waals surface area contributed by atoms with Crippen LogP contribution < -0.4 is 20.6 Å². The zero-order valence-electron chi connectivity index (χ0n) is 15.9. The monoisotopic (exact) mass is 380 g/mol. The standard InChI is InChI=1S/C21H24N4O3/c1-15(14-27-18-5-3-16-4-6-20(26)28-19(16)13-18)24-17-7-11-25(12-8-17)21-22-9-2-10-23-21/h2-6,9-10,13,15,17,24H,7-8,11-12,14H2,1H3. The van der Waals surface area contributed by atoms with E-state index in [4.69, 9.17) is 9.15 Å². The number of hydrogen-bond acceptors (Lipinski definition) is 7. The molecule has 0 saturated carbocycles. The van der Waals surface area contributed by atoms with Crippen LogP contribution in [0.3, 0.4) is 0 Å². The summed E-state index contributed by atoms with van der Waals surface area (Å²) >= 11 is 0. The summed E-state index contributed by atoms with van der Waals surface area (Å²) in [4.78, 5) is 22.2. The maximum atomic E-state index is 11.4. The van der Waals surface area contributed by atoms with E-state index in [9.17, 15) is 4.79 Å². The Hall–Kier alpha value is -2.93. The molecule has 0 radical (unpaired) electrons. The van der Waals surface area contributed by atoms with Gasteiger partial charge in [0.05, 0.1) is 0 Å². The molecule has 4 rings (SSSR count). The molecule has 1 unspecified atom stereocenters. The lowest BCUT2D eigenvalue weighted by Gasteiger charge is -2.33. The number of ether oxygens (including phenoxy) is 1. The average molecular weight is 380 g/mol. The molecule has 3 heterocycles. The SMILES string of the molecule is CC(COc1ccc2ccc(=O)oc2c1)NC1CCN(c2ncccn2)CC1. The first kappa shape index (κ1) is 18.4. The van der Waals surface area contributed by atoms with Gasteiger partial charge in [-0.1, -0.05) is 0 Å². The molecule has 28 heavy (non-hydrogen) atoms. The molecule has 0 spiro atoms. The summed E-state index contributed by atoms with van der Waals surface area (Å²) < 4.78 is 11.1. The van der Waals surface area contributed by atoms with Crippen molar-refractivity contribution in [1.82, 2.24) is 15.3 Å². The van der Waals surface area contributed by atoms with Gasteiger partial charge in [-0.2, -0.15) is 0 Å². The fourth-order valence-electron chi connectivity index (χ4n) is 3.50.